The predicted molar refractivity (Wildman–Crippen MR) is 77.5 cm³/mol. The van der Waals surface area contributed by atoms with Crippen molar-refractivity contribution < 1.29 is 0 Å². The van der Waals surface area contributed by atoms with Crippen LogP contribution in [0.2, 0.25) is 0 Å². The molecule has 0 aromatic heterocycles. The number of nitrogens with two attached hydrogens (primary N) is 1. The second kappa shape index (κ2) is 4.75. The third kappa shape index (κ3) is 2.02. The molecule has 0 aromatic rings. The van der Waals surface area contributed by atoms with Gasteiger partial charge in [-0.1, -0.05) is 27.2 Å². The molecule has 1 fully saturated rings. The van der Waals surface area contributed by atoms with Crippen molar-refractivity contribution >= 4 is 5.96 Å². The van der Waals surface area contributed by atoms with Crippen LogP contribution in [-0.4, -0.2) is 29.0 Å². The van der Waals surface area contributed by atoms with Crippen molar-refractivity contribution in [1.82, 2.24) is 4.90 Å². The van der Waals surface area contributed by atoms with Crippen molar-refractivity contribution in [3.63, 3.8) is 0 Å². The first-order valence-corrected chi connectivity index (χ1v) is 7.47. The van der Waals surface area contributed by atoms with Gasteiger partial charge in [0, 0.05) is 6.04 Å². The third-order valence-corrected chi connectivity index (χ3v) is 4.93. The molecule has 0 aromatic carbocycles. The number of hydrogen-bond acceptors (Lipinski definition) is 3. The zero-order valence-electron chi connectivity index (χ0n) is 12.6. The molecule has 3 nitrogen and oxygen atoms in total. The topological polar surface area (TPSA) is 41.6 Å². The first kappa shape index (κ1) is 13.7. The maximum absolute atomic E-state index is 6.17. The Morgan fingerprint density at radius 2 is 1.94 bits per heavy atom. The van der Waals surface area contributed by atoms with E-state index >= 15 is 0 Å². The van der Waals surface area contributed by atoms with Gasteiger partial charge in [-0.05, 0) is 44.4 Å². The maximum atomic E-state index is 6.17. The highest BCUT2D eigenvalue weighted by molar-refractivity contribution is 5.81. The summed E-state index contributed by atoms with van der Waals surface area (Å²) >= 11 is 0. The summed E-state index contributed by atoms with van der Waals surface area (Å²) in [6, 6.07) is 0.447. The number of hydrogen-bond donors (Lipinski definition) is 1. The predicted octanol–water partition coefficient (Wildman–Crippen LogP) is 2.86. The van der Waals surface area contributed by atoms with Gasteiger partial charge in [0.15, 0.2) is 5.96 Å². The van der Waals surface area contributed by atoms with Gasteiger partial charge in [-0.15, -0.1) is 0 Å². The van der Waals surface area contributed by atoms with E-state index in [1.54, 1.807) is 0 Å². The summed E-state index contributed by atoms with van der Waals surface area (Å²) in [7, 11) is 0. The second-order valence-electron chi connectivity index (χ2n) is 6.98. The summed E-state index contributed by atoms with van der Waals surface area (Å²) in [5.74, 6) is 2.99. The van der Waals surface area contributed by atoms with E-state index in [0.717, 1.165) is 24.3 Å². The molecule has 0 bridgehead atoms. The summed E-state index contributed by atoms with van der Waals surface area (Å²) in [5.41, 5.74) is 6.37. The summed E-state index contributed by atoms with van der Waals surface area (Å²) in [6.45, 7) is 12.5. The molecular weight excluding hydrogens is 222 g/mol. The maximum Gasteiger partial charge on any atom is 0.192 e. The lowest BCUT2D eigenvalue weighted by Gasteiger charge is -2.52. The molecule has 3 atom stereocenters. The molecule has 2 aliphatic rings. The Labute approximate surface area is 112 Å². The number of rotatable bonds is 2. The standard InChI is InChI=1S/C15H29N3/c1-10(2)13-7-6-12(5)8-15(13)9-17-14(16)18(15)11(3)4/h10-13H,6-9H2,1-5H3,(H2,16,17). The molecule has 2 rings (SSSR count). The lowest BCUT2D eigenvalue weighted by atomic mass is 9.64. The summed E-state index contributed by atoms with van der Waals surface area (Å²) in [5, 5.41) is 0. The van der Waals surface area contributed by atoms with Crippen LogP contribution in [-0.2, 0) is 0 Å². The normalized spacial score (nSPS) is 36.8. The highest BCUT2D eigenvalue weighted by atomic mass is 15.4. The fourth-order valence-corrected chi connectivity index (χ4v) is 4.38. The van der Waals surface area contributed by atoms with E-state index in [0.29, 0.717) is 12.0 Å². The second-order valence-corrected chi connectivity index (χ2v) is 6.98. The summed E-state index contributed by atoms with van der Waals surface area (Å²) < 4.78 is 0. The van der Waals surface area contributed by atoms with Gasteiger partial charge in [0.1, 0.15) is 0 Å². The molecule has 1 spiro atoms. The molecule has 1 saturated carbocycles. The lowest BCUT2D eigenvalue weighted by molar-refractivity contribution is 0.00953. The zero-order valence-corrected chi connectivity index (χ0v) is 12.6. The monoisotopic (exact) mass is 251 g/mol. The van der Waals surface area contributed by atoms with Gasteiger partial charge >= 0.3 is 0 Å². The minimum atomic E-state index is 0.198. The van der Waals surface area contributed by atoms with Crippen LogP contribution in [0.25, 0.3) is 0 Å². The highest BCUT2D eigenvalue weighted by Gasteiger charge is 2.52. The minimum absolute atomic E-state index is 0.198. The molecule has 1 heterocycles. The first-order chi connectivity index (χ1) is 8.38. The van der Waals surface area contributed by atoms with Crippen LogP contribution in [0.15, 0.2) is 4.99 Å². The molecule has 1 aliphatic heterocycles. The van der Waals surface area contributed by atoms with Gasteiger partial charge in [0.25, 0.3) is 0 Å². The lowest BCUT2D eigenvalue weighted by Crippen LogP contribution is -2.61. The van der Waals surface area contributed by atoms with Crippen LogP contribution in [0.4, 0.5) is 0 Å². The molecule has 0 amide bonds. The Bertz CT molecular complexity index is 335. The Morgan fingerprint density at radius 1 is 1.28 bits per heavy atom. The van der Waals surface area contributed by atoms with E-state index in [4.69, 9.17) is 5.73 Å². The summed E-state index contributed by atoms with van der Waals surface area (Å²) in [4.78, 5) is 7.03. The Morgan fingerprint density at radius 3 is 2.50 bits per heavy atom. The van der Waals surface area contributed by atoms with Gasteiger partial charge in [-0.25, -0.2) is 0 Å². The fraction of sp³-hybridized carbons (Fsp3) is 0.933. The average molecular weight is 251 g/mol. The summed E-state index contributed by atoms with van der Waals surface area (Å²) in [6.07, 6.45) is 3.93. The third-order valence-electron chi connectivity index (χ3n) is 4.93. The molecule has 0 saturated heterocycles. The SMILES string of the molecule is CC1CCC(C(C)C)C2(CN=C(N)N2C(C)C)C1. The quantitative estimate of drug-likeness (QED) is 0.820. The van der Waals surface area contributed by atoms with E-state index in [-0.39, 0.29) is 5.54 Å². The highest BCUT2D eigenvalue weighted by Crippen LogP contribution is 2.47. The van der Waals surface area contributed by atoms with Gasteiger partial charge in [0.2, 0.25) is 0 Å². The minimum Gasteiger partial charge on any atom is -0.370 e. The van der Waals surface area contributed by atoms with Gasteiger partial charge in [-0.3, -0.25) is 4.99 Å². The van der Waals surface area contributed by atoms with Crippen molar-refractivity contribution in [3.8, 4) is 0 Å². The van der Waals surface area contributed by atoms with Crippen LogP contribution in [0.1, 0.15) is 53.9 Å². The van der Waals surface area contributed by atoms with E-state index in [9.17, 15) is 0 Å². The van der Waals surface area contributed by atoms with Crippen molar-refractivity contribution in [2.75, 3.05) is 6.54 Å². The van der Waals surface area contributed by atoms with Crippen LogP contribution in [0, 0.1) is 17.8 Å². The smallest absolute Gasteiger partial charge is 0.192 e. The molecule has 0 radical (unpaired) electrons. The van der Waals surface area contributed by atoms with E-state index in [1.807, 2.05) is 0 Å². The molecule has 3 unspecified atom stereocenters. The van der Waals surface area contributed by atoms with E-state index in [1.165, 1.54) is 19.3 Å². The Balaban J connectivity index is 2.35. The molecule has 2 N–H and O–H groups in total. The number of nitrogens with zero attached hydrogens (tertiary/aromatic N) is 2. The zero-order chi connectivity index (χ0) is 13.5. The Kier molecular flexibility index (Phi) is 3.61. The van der Waals surface area contributed by atoms with Crippen LogP contribution < -0.4 is 5.73 Å². The number of aliphatic imine (C=N–C) groups is 1. The molecule has 1 aliphatic carbocycles. The van der Waals surface area contributed by atoms with Crippen LogP contribution in [0.5, 0.6) is 0 Å². The van der Waals surface area contributed by atoms with Crippen molar-refractivity contribution in [2.24, 2.45) is 28.5 Å². The van der Waals surface area contributed by atoms with Gasteiger partial charge in [0.05, 0.1) is 12.1 Å². The first-order valence-electron chi connectivity index (χ1n) is 7.47. The molecule has 18 heavy (non-hydrogen) atoms. The van der Waals surface area contributed by atoms with Crippen LogP contribution >= 0.6 is 0 Å². The van der Waals surface area contributed by atoms with Crippen molar-refractivity contribution in [1.29, 1.82) is 0 Å². The van der Waals surface area contributed by atoms with Crippen molar-refractivity contribution in [2.45, 2.75) is 65.5 Å². The largest absolute Gasteiger partial charge is 0.370 e. The molecule has 3 heteroatoms. The van der Waals surface area contributed by atoms with E-state index < -0.39 is 0 Å². The number of guanidine groups is 1. The fourth-order valence-electron chi connectivity index (χ4n) is 4.38. The van der Waals surface area contributed by atoms with Crippen molar-refractivity contribution in [3.05, 3.63) is 0 Å². The van der Waals surface area contributed by atoms with Gasteiger partial charge < -0.3 is 10.6 Å². The van der Waals surface area contributed by atoms with Crippen LogP contribution in [0.3, 0.4) is 0 Å². The van der Waals surface area contributed by atoms with E-state index in [2.05, 4.69) is 44.5 Å². The Hall–Kier alpha value is -0.730. The average Bonchev–Trinajstić information content (AvgIpc) is 2.55. The van der Waals surface area contributed by atoms with Gasteiger partial charge in [-0.2, -0.15) is 0 Å². The molecular formula is C15H29N3. The molecule has 104 valence electrons.